The predicted octanol–water partition coefficient (Wildman–Crippen LogP) is 1.60. The summed E-state index contributed by atoms with van der Waals surface area (Å²) in [6, 6.07) is 0.157. The number of methoxy groups -OCH3 is 1. The summed E-state index contributed by atoms with van der Waals surface area (Å²) in [6.45, 7) is 9.02. The summed E-state index contributed by atoms with van der Waals surface area (Å²) in [6.07, 6.45) is 2.06. The molecular weight excluding hydrogens is 216 g/mol. The fourth-order valence-electron chi connectivity index (χ4n) is 2.49. The lowest BCUT2D eigenvalue weighted by atomic mass is 9.99. The summed E-state index contributed by atoms with van der Waals surface area (Å²) in [5.74, 6) is 0.616. The van der Waals surface area contributed by atoms with Crippen molar-refractivity contribution < 1.29 is 9.53 Å². The molecule has 0 aromatic heterocycles. The number of nitrogens with one attached hydrogen (secondary N) is 1. The second kappa shape index (κ2) is 6.36. The van der Waals surface area contributed by atoms with Gasteiger partial charge in [0, 0.05) is 7.11 Å². The van der Waals surface area contributed by atoms with E-state index in [9.17, 15) is 4.79 Å². The van der Waals surface area contributed by atoms with Crippen LogP contribution in [0.3, 0.4) is 0 Å². The Labute approximate surface area is 105 Å². The third-order valence-electron chi connectivity index (χ3n) is 3.80. The number of carbonyl (C=O) groups excluding carboxylic acids is 1. The Morgan fingerprint density at radius 2 is 2.06 bits per heavy atom. The van der Waals surface area contributed by atoms with Crippen molar-refractivity contribution >= 4 is 5.91 Å². The lowest BCUT2D eigenvalue weighted by Crippen LogP contribution is -2.45. The van der Waals surface area contributed by atoms with Gasteiger partial charge in [0.15, 0.2) is 0 Å². The topological polar surface area (TPSA) is 41.6 Å². The van der Waals surface area contributed by atoms with Gasteiger partial charge in [-0.2, -0.15) is 0 Å². The van der Waals surface area contributed by atoms with E-state index in [2.05, 4.69) is 33.0 Å². The van der Waals surface area contributed by atoms with E-state index in [4.69, 9.17) is 4.74 Å². The molecule has 1 fully saturated rings. The normalized spacial score (nSPS) is 28.5. The van der Waals surface area contributed by atoms with Gasteiger partial charge in [-0.15, -0.1) is 0 Å². The Kier molecular flexibility index (Phi) is 5.40. The van der Waals surface area contributed by atoms with Crippen molar-refractivity contribution in [3.63, 3.8) is 0 Å². The van der Waals surface area contributed by atoms with Crippen LogP contribution in [0.2, 0.25) is 0 Å². The van der Waals surface area contributed by atoms with Gasteiger partial charge in [0.05, 0.1) is 24.9 Å². The highest BCUT2D eigenvalue weighted by Gasteiger charge is 2.41. The predicted molar refractivity (Wildman–Crippen MR) is 68.6 cm³/mol. The highest BCUT2D eigenvalue weighted by atomic mass is 16.5. The first-order chi connectivity index (χ1) is 8.06. The maximum atomic E-state index is 12.4. The van der Waals surface area contributed by atoms with Crippen LogP contribution in [0.25, 0.3) is 0 Å². The third-order valence-corrected chi connectivity index (χ3v) is 3.80. The smallest absolute Gasteiger partial charge is 0.241 e. The number of carbonyl (C=O) groups is 1. The summed E-state index contributed by atoms with van der Waals surface area (Å²) < 4.78 is 5.20. The average molecular weight is 242 g/mol. The number of hydrogen-bond donors (Lipinski definition) is 1. The summed E-state index contributed by atoms with van der Waals surface area (Å²) in [4.78, 5) is 14.4. The van der Waals surface area contributed by atoms with Gasteiger partial charge in [-0.1, -0.05) is 27.2 Å². The molecule has 4 unspecified atom stereocenters. The second-order valence-corrected chi connectivity index (χ2v) is 4.97. The number of ether oxygens (including phenoxy) is 1. The van der Waals surface area contributed by atoms with E-state index < -0.39 is 0 Å². The van der Waals surface area contributed by atoms with Crippen LogP contribution < -0.4 is 5.32 Å². The molecule has 1 amide bonds. The van der Waals surface area contributed by atoms with E-state index in [1.54, 1.807) is 7.11 Å². The Morgan fingerprint density at radius 1 is 1.41 bits per heavy atom. The van der Waals surface area contributed by atoms with E-state index in [0.29, 0.717) is 12.5 Å². The molecule has 0 aromatic carbocycles. The van der Waals surface area contributed by atoms with Gasteiger partial charge in [-0.25, -0.2) is 0 Å². The Balaban J connectivity index is 2.76. The van der Waals surface area contributed by atoms with Crippen molar-refractivity contribution in [1.29, 1.82) is 0 Å². The summed E-state index contributed by atoms with van der Waals surface area (Å²) in [5.41, 5.74) is 0. The summed E-state index contributed by atoms with van der Waals surface area (Å²) in [5, 5.41) is 3.40. The molecule has 0 aromatic rings. The molecule has 0 aliphatic carbocycles. The summed E-state index contributed by atoms with van der Waals surface area (Å²) >= 11 is 0. The molecular formula is C13H26N2O2. The molecule has 1 aliphatic heterocycles. The van der Waals surface area contributed by atoms with Gasteiger partial charge in [-0.3, -0.25) is 10.1 Å². The van der Waals surface area contributed by atoms with Crippen molar-refractivity contribution in [2.45, 2.75) is 58.8 Å². The van der Waals surface area contributed by atoms with Crippen LogP contribution in [0.15, 0.2) is 0 Å². The largest absolute Gasteiger partial charge is 0.383 e. The molecule has 0 spiro atoms. The van der Waals surface area contributed by atoms with Crippen LogP contribution in [0.1, 0.15) is 40.5 Å². The minimum Gasteiger partial charge on any atom is -0.383 e. The van der Waals surface area contributed by atoms with Crippen LogP contribution in [0, 0.1) is 5.92 Å². The minimum absolute atomic E-state index is 0.0269. The molecule has 1 saturated heterocycles. The van der Waals surface area contributed by atoms with Gasteiger partial charge in [0.2, 0.25) is 5.91 Å². The van der Waals surface area contributed by atoms with Gasteiger partial charge in [-0.05, 0) is 19.3 Å². The minimum atomic E-state index is -0.0269. The molecule has 0 saturated carbocycles. The first-order valence-corrected chi connectivity index (χ1v) is 6.63. The van der Waals surface area contributed by atoms with Gasteiger partial charge in [0.1, 0.15) is 0 Å². The van der Waals surface area contributed by atoms with Crippen LogP contribution in [-0.4, -0.2) is 42.8 Å². The zero-order valence-corrected chi connectivity index (χ0v) is 11.7. The molecule has 0 radical (unpaired) electrons. The zero-order chi connectivity index (χ0) is 13.0. The molecule has 1 aliphatic rings. The molecule has 100 valence electrons. The number of nitrogens with zero attached hydrogens (tertiary/aromatic N) is 1. The van der Waals surface area contributed by atoms with E-state index >= 15 is 0 Å². The Hall–Kier alpha value is -0.610. The maximum Gasteiger partial charge on any atom is 0.241 e. The van der Waals surface area contributed by atoms with Crippen LogP contribution in [0.5, 0.6) is 0 Å². The van der Waals surface area contributed by atoms with Crippen molar-refractivity contribution in [3.8, 4) is 0 Å². The Bertz CT molecular complexity index is 258. The highest BCUT2D eigenvalue weighted by Crippen LogP contribution is 2.22. The van der Waals surface area contributed by atoms with Crippen molar-refractivity contribution in [1.82, 2.24) is 10.2 Å². The monoisotopic (exact) mass is 242 g/mol. The standard InChI is InChI=1S/C13H26N2O2/c1-6-9(3)12-13(16)15(10(4)14-12)11(7-2)8-17-5/h9-12,14H,6-8H2,1-5H3. The lowest BCUT2D eigenvalue weighted by Gasteiger charge is -2.29. The SMILES string of the molecule is CCC(C)C1NC(C)N(C(CC)COC)C1=O. The summed E-state index contributed by atoms with van der Waals surface area (Å²) in [7, 11) is 1.69. The first kappa shape index (κ1) is 14.5. The second-order valence-electron chi connectivity index (χ2n) is 4.97. The van der Waals surface area contributed by atoms with Crippen LogP contribution in [-0.2, 0) is 9.53 Å². The molecule has 4 nitrogen and oxygen atoms in total. The van der Waals surface area contributed by atoms with Gasteiger partial charge >= 0.3 is 0 Å². The molecule has 4 heteroatoms. The molecule has 17 heavy (non-hydrogen) atoms. The van der Waals surface area contributed by atoms with Gasteiger partial charge in [0.25, 0.3) is 0 Å². The van der Waals surface area contributed by atoms with E-state index in [1.807, 2.05) is 4.90 Å². The average Bonchev–Trinajstić information content (AvgIpc) is 2.61. The molecule has 1 rings (SSSR count). The van der Waals surface area contributed by atoms with E-state index in [0.717, 1.165) is 12.8 Å². The third kappa shape index (κ3) is 2.99. The molecule has 1 heterocycles. The van der Waals surface area contributed by atoms with Crippen molar-refractivity contribution in [3.05, 3.63) is 0 Å². The quantitative estimate of drug-likeness (QED) is 0.769. The maximum absolute atomic E-state index is 12.4. The van der Waals surface area contributed by atoms with E-state index in [-0.39, 0.29) is 24.2 Å². The fraction of sp³-hybridized carbons (Fsp3) is 0.923. The van der Waals surface area contributed by atoms with Gasteiger partial charge < -0.3 is 9.64 Å². The lowest BCUT2D eigenvalue weighted by molar-refractivity contribution is -0.134. The highest BCUT2D eigenvalue weighted by molar-refractivity contribution is 5.84. The van der Waals surface area contributed by atoms with Crippen molar-refractivity contribution in [2.24, 2.45) is 5.92 Å². The number of amides is 1. The van der Waals surface area contributed by atoms with E-state index in [1.165, 1.54) is 0 Å². The fourth-order valence-corrected chi connectivity index (χ4v) is 2.49. The molecule has 0 bridgehead atoms. The molecule has 4 atom stereocenters. The van der Waals surface area contributed by atoms with Crippen molar-refractivity contribution in [2.75, 3.05) is 13.7 Å². The first-order valence-electron chi connectivity index (χ1n) is 6.63. The van der Waals surface area contributed by atoms with Crippen LogP contribution >= 0.6 is 0 Å². The Morgan fingerprint density at radius 3 is 2.53 bits per heavy atom. The number of hydrogen-bond acceptors (Lipinski definition) is 3. The van der Waals surface area contributed by atoms with Crippen LogP contribution in [0.4, 0.5) is 0 Å². The molecule has 1 N–H and O–H groups in total. The number of rotatable bonds is 6. The zero-order valence-electron chi connectivity index (χ0n) is 11.7.